The maximum atomic E-state index is 5.96. The number of nitrogens with two attached hydrogens (primary N) is 1. The van der Waals surface area contributed by atoms with Gasteiger partial charge in [0.25, 0.3) is 0 Å². The lowest BCUT2D eigenvalue weighted by atomic mass is 10.7. The van der Waals surface area contributed by atoms with Crippen molar-refractivity contribution in [3.63, 3.8) is 0 Å². The van der Waals surface area contributed by atoms with Gasteiger partial charge >= 0.3 is 0 Å². The van der Waals surface area contributed by atoms with Crippen molar-refractivity contribution < 1.29 is 0 Å². The van der Waals surface area contributed by atoms with Crippen molar-refractivity contribution in [1.82, 2.24) is 9.97 Å². The zero-order chi connectivity index (χ0) is 10.7. The van der Waals surface area contributed by atoms with Crippen LogP contribution in [0.25, 0.3) is 0 Å². The fraction of sp³-hybridized carbons (Fsp3) is 0. The molecule has 2 heterocycles. The van der Waals surface area contributed by atoms with Crippen LogP contribution in [0.2, 0.25) is 5.02 Å². The smallest absolute Gasteiger partial charge is 0.238 e. The summed E-state index contributed by atoms with van der Waals surface area (Å²) in [7, 11) is 0. The van der Waals surface area contributed by atoms with Crippen molar-refractivity contribution in [2.24, 2.45) is 5.84 Å². The quantitative estimate of drug-likeness (QED) is 0.503. The predicted octanol–water partition coefficient (Wildman–Crippen LogP) is 2.63. The number of rotatable bonds is 3. The van der Waals surface area contributed by atoms with Crippen LogP contribution < -0.4 is 11.3 Å². The molecule has 0 aromatic carbocycles. The summed E-state index contributed by atoms with van der Waals surface area (Å²) >= 11 is 9.08. The van der Waals surface area contributed by atoms with Crippen LogP contribution in [0.3, 0.4) is 0 Å². The molecule has 3 N–H and O–H groups in total. The largest absolute Gasteiger partial charge is 0.292 e. The summed E-state index contributed by atoms with van der Waals surface area (Å²) in [6.45, 7) is 0. The molecule has 0 amide bonds. The zero-order valence-corrected chi connectivity index (χ0v) is 9.86. The molecule has 2 aromatic heterocycles. The molecule has 0 spiro atoms. The fourth-order valence-corrected chi connectivity index (χ4v) is 2.78. The molecule has 15 heavy (non-hydrogen) atoms. The van der Waals surface area contributed by atoms with Crippen LogP contribution in [0.1, 0.15) is 0 Å². The van der Waals surface area contributed by atoms with Crippen LogP contribution in [0, 0.1) is 0 Å². The summed E-state index contributed by atoms with van der Waals surface area (Å²) in [4.78, 5) is 8.05. The van der Waals surface area contributed by atoms with Crippen LogP contribution in [0.15, 0.2) is 32.9 Å². The Labute approximate surface area is 99.9 Å². The fourth-order valence-electron chi connectivity index (χ4n) is 0.909. The Morgan fingerprint density at radius 1 is 1.53 bits per heavy atom. The molecule has 4 nitrogen and oxygen atoms in total. The normalized spacial score (nSPS) is 10.3. The second-order valence-electron chi connectivity index (χ2n) is 2.53. The first kappa shape index (κ1) is 10.7. The molecule has 0 aliphatic rings. The van der Waals surface area contributed by atoms with Gasteiger partial charge in [0.2, 0.25) is 5.95 Å². The average molecular weight is 259 g/mol. The number of aromatic nitrogens is 2. The molecule has 0 atom stereocenters. The van der Waals surface area contributed by atoms with Crippen LogP contribution in [0.4, 0.5) is 5.95 Å². The van der Waals surface area contributed by atoms with Crippen molar-refractivity contribution in [2.75, 3.05) is 5.43 Å². The third-order valence-electron chi connectivity index (χ3n) is 1.53. The Kier molecular flexibility index (Phi) is 3.42. The first-order valence-electron chi connectivity index (χ1n) is 4.00. The Bertz CT molecular complexity index is 446. The lowest BCUT2D eigenvalue weighted by Crippen LogP contribution is -2.10. The van der Waals surface area contributed by atoms with E-state index >= 15 is 0 Å². The summed E-state index contributed by atoms with van der Waals surface area (Å²) in [5.74, 6) is 5.58. The van der Waals surface area contributed by atoms with Gasteiger partial charge in [-0.3, -0.25) is 5.43 Å². The maximum Gasteiger partial charge on any atom is 0.238 e. The number of nitrogens with one attached hydrogen (secondary N) is 1. The average Bonchev–Trinajstić information content (AvgIpc) is 2.74. The van der Waals surface area contributed by atoms with E-state index in [1.54, 1.807) is 11.3 Å². The monoisotopic (exact) mass is 258 g/mol. The molecule has 0 fully saturated rings. The van der Waals surface area contributed by atoms with Gasteiger partial charge in [-0.05, 0) is 11.4 Å². The minimum atomic E-state index is 0.360. The van der Waals surface area contributed by atoms with Crippen LogP contribution in [0.5, 0.6) is 0 Å². The van der Waals surface area contributed by atoms with E-state index in [2.05, 4.69) is 15.4 Å². The Morgan fingerprint density at radius 3 is 3.07 bits per heavy atom. The number of nitrogens with zero attached hydrogens (tertiary/aromatic N) is 2. The molecule has 2 rings (SSSR count). The van der Waals surface area contributed by atoms with Crippen molar-refractivity contribution in [3.8, 4) is 0 Å². The lowest BCUT2D eigenvalue weighted by Gasteiger charge is -2.03. The number of hydrogen-bond acceptors (Lipinski definition) is 6. The van der Waals surface area contributed by atoms with Crippen molar-refractivity contribution >= 4 is 40.6 Å². The number of thiophene rings is 1. The standard InChI is InChI=1S/C8H7ClN4S2/c9-5-4-11-8(13-10)12-7(5)15-6-2-1-3-14-6/h1-4H,10H2,(H,11,12,13). The van der Waals surface area contributed by atoms with Gasteiger partial charge in [-0.15, -0.1) is 11.3 Å². The van der Waals surface area contributed by atoms with Crippen LogP contribution >= 0.6 is 34.7 Å². The number of hydrogen-bond donors (Lipinski definition) is 2. The van der Waals surface area contributed by atoms with E-state index in [0.29, 0.717) is 16.0 Å². The van der Waals surface area contributed by atoms with Crippen molar-refractivity contribution in [3.05, 3.63) is 28.7 Å². The van der Waals surface area contributed by atoms with Crippen molar-refractivity contribution in [2.45, 2.75) is 9.24 Å². The van der Waals surface area contributed by atoms with Gasteiger partial charge in [0.1, 0.15) is 5.03 Å². The minimum absolute atomic E-state index is 0.360. The van der Waals surface area contributed by atoms with E-state index in [0.717, 1.165) is 4.21 Å². The second-order valence-corrected chi connectivity index (χ2v) is 5.17. The van der Waals surface area contributed by atoms with E-state index in [9.17, 15) is 0 Å². The first-order valence-corrected chi connectivity index (χ1v) is 6.07. The molecule has 0 aliphatic carbocycles. The Balaban J connectivity index is 2.27. The van der Waals surface area contributed by atoms with E-state index in [1.807, 2.05) is 17.5 Å². The summed E-state index contributed by atoms with van der Waals surface area (Å²) in [5.41, 5.74) is 2.38. The number of hydrazine groups is 1. The van der Waals surface area contributed by atoms with Gasteiger partial charge in [0, 0.05) is 0 Å². The van der Waals surface area contributed by atoms with Gasteiger partial charge in [-0.1, -0.05) is 29.4 Å². The van der Waals surface area contributed by atoms with Gasteiger partial charge < -0.3 is 0 Å². The molecule has 7 heteroatoms. The van der Waals surface area contributed by atoms with E-state index < -0.39 is 0 Å². The topological polar surface area (TPSA) is 63.8 Å². The van der Waals surface area contributed by atoms with Crippen LogP contribution in [-0.4, -0.2) is 9.97 Å². The van der Waals surface area contributed by atoms with Gasteiger partial charge in [0.15, 0.2) is 0 Å². The van der Waals surface area contributed by atoms with Crippen molar-refractivity contribution in [1.29, 1.82) is 0 Å². The molecular weight excluding hydrogens is 252 g/mol. The summed E-state index contributed by atoms with van der Waals surface area (Å²) in [5, 5.41) is 3.22. The first-order chi connectivity index (χ1) is 7.29. The second kappa shape index (κ2) is 4.80. The maximum absolute atomic E-state index is 5.96. The van der Waals surface area contributed by atoms with Gasteiger partial charge in [0.05, 0.1) is 15.4 Å². The van der Waals surface area contributed by atoms with Gasteiger partial charge in [-0.25, -0.2) is 15.8 Å². The highest BCUT2D eigenvalue weighted by molar-refractivity contribution is 8.01. The zero-order valence-electron chi connectivity index (χ0n) is 7.48. The number of halogens is 1. The molecule has 0 radical (unpaired) electrons. The summed E-state index contributed by atoms with van der Waals surface area (Å²) in [6, 6.07) is 3.98. The molecule has 0 unspecified atom stereocenters. The molecular formula is C8H7ClN4S2. The molecule has 0 saturated carbocycles. The SMILES string of the molecule is NNc1ncc(Cl)c(Sc2cccs2)n1. The molecule has 0 saturated heterocycles. The number of anilines is 1. The number of nitrogen functional groups attached to an aromatic ring is 1. The minimum Gasteiger partial charge on any atom is -0.292 e. The van der Waals surface area contributed by atoms with Gasteiger partial charge in [-0.2, -0.15) is 0 Å². The predicted molar refractivity (Wildman–Crippen MR) is 63.3 cm³/mol. The third kappa shape index (κ3) is 2.60. The summed E-state index contributed by atoms with van der Waals surface area (Å²) in [6.07, 6.45) is 1.53. The lowest BCUT2D eigenvalue weighted by molar-refractivity contribution is 1.03. The summed E-state index contributed by atoms with van der Waals surface area (Å²) < 4.78 is 1.12. The molecule has 0 bridgehead atoms. The molecule has 2 aromatic rings. The highest BCUT2D eigenvalue weighted by Gasteiger charge is 2.07. The third-order valence-corrected chi connectivity index (χ3v) is 3.96. The Morgan fingerprint density at radius 2 is 2.40 bits per heavy atom. The van der Waals surface area contributed by atoms with E-state index in [1.165, 1.54) is 18.0 Å². The highest BCUT2D eigenvalue weighted by Crippen LogP contribution is 2.34. The highest BCUT2D eigenvalue weighted by atomic mass is 35.5. The van der Waals surface area contributed by atoms with Crippen LogP contribution in [-0.2, 0) is 0 Å². The van der Waals surface area contributed by atoms with E-state index in [-0.39, 0.29) is 0 Å². The van der Waals surface area contributed by atoms with E-state index in [4.69, 9.17) is 17.4 Å². The molecule has 78 valence electrons. The molecule has 0 aliphatic heterocycles. The Hall–Kier alpha value is -0.820.